The van der Waals surface area contributed by atoms with Crippen molar-refractivity contribution in [2.45, 2.75) is 159 Å². The van der Waals surface area contributed by atoms with Crippen LogP contribution in [-0.2, 0) is 78.4 Å². The van der Waals surface area contributed by atoms with Crippen LogP contribution in [0.3, 0.4) is 0 Å². The van der Waals surface area contributed by atoms with Crippen molar-refractivity contribution in [3.63, 3.8) is 0 Å². The molecular formula is C69H92Cl2N18O13. The number of phenolic OH excluding ortho intramolecular Hbond substituents is 1. The molecule has 6 rings (SSSR count). The molecule has 102 heavy (non-hydrogen) atoms. The molecule has 1 aliphatic rings. The topological polar surface area (TPSA) is 510 Å². The number of aromatic amines is 1. The number of nitrogens with zero attached hydrogens (tertiary/aromatic N) is 3. The molecule has 22 N–H and O–H groups in total. The van der Waals surface area contributed by atoms with E-state index in [0.717, 1.165) is 16.5 Å². The van der Waals surface area contributed by atoms with Crippen LogP contribution in [0, 0.1) is 5.92 Å². The molecule has 1 aliphatic heterocycles. The standard InChI is InChI=1S/C69H92Cl2N18O13/c1-37(2)30-52(84-60(95)50(12-7-27-77-68(73)74)82-63(98)54(33-42-19-25-46(92)26-20-42)86-65(100)56(36-90)87-59(94)48(72)34-43-35-79-49-11-6-5-10-47(43)49)61(96)83-51(13-8-28-78-69(75)76)67(102)89-29-9-14-57(89)66(101)80-38(3)58(93)88-64(99)55(32-41-17-23-45(71)24-18-41)85-62(97)53(81-39(4)91)31-40-15-21-44(70)22-16-40/h5-6,10-11,15-26,35,37-38,48,50-57,79,90,92H,7-9,12-14,27-34,36,72H2,1-4H3,(H,80,101)(H,81,91)(H,82,98)(H,83,96)(H,84,95)(H,85,97)(H,86,100)(H,87,94)(H4,73,74,77)(H4,75,76,78)(H,88,93,99). The van der Waals surface area contributed by atoms with Crippen LogP contribution in [0.4, 0.5) is 0 Å². The number of halogens is 2. The summed E-state index contributed by atoms with van der Waals surface area (Å²) in [4.78, 5) is 167. The first-order valence-corrected chi connectivity index (χ1v) is 34.1. The Bertz CT molecular complexity index is 3790. The number of hydrogen-bond donors (Lipinski definition) is 17. The fourth-order valence-electron chi connectivity index (χ4n) is 11.3. The Kier molecular flexibility index (Phi) is 31.3. The highest BCUT2D eigenvalue weighted by molar-refractivity contribution is 6.30. The van der Waals surface area contributed by atoms with Crippen molar-refractivity contribution in [3.05, 3.63) is 136 Å². The van der Waals surface area contributed by atoms with Gasteiger partial charge in [-0.3, -0.25) is 68.0 Å². The number of likely N-dealkylation sites (tertiary alicyclic amines) is 1. The number of para-hydroxylation sites is 1. The fraction of sp³-hybridized carbons (Fsp3) is 0.435. The maximum Gasteiger partial charge on any atom is 0.249 e. The lowest BCUT2D eigenvalue weighted by Crippen LogP contribution is -2.61. The molecule has 33 heteroatoms. The number of imide groups is 1. The molecule has 0 aliphatic carbocycles. The second-order valence-corrected chi connectivity index (χ2v) is 26.2. The van der Waals surface area contributed by atoms with Crippen molar-refractivity contribution in [2.75, 3.05) is 26.2 Å². The minimum Gasteiger partial charge on any atom is -0.508 e. The number of aliphatic imine (C=N–C) groups is 2. The highest BCUT2D eigenvalue weighted by atomic mass is 35.5. The van der Waals surface area contributed by atoms with Crippen LogP contribution in [0.5, 0.6) is 5.75 Å². The largest absolute Gasteiger partial charge is 0.508 e. The summed E-state index contributed by atoms with van der Waals surface area (Å²) in [6.45, 7) is 5.18. The number of carbonyl (C=O) groups excluding carboxylic acids is 11. The number of nitrogens with one attached hydrogen (secondary N) is 10. The van der Waals surface area contributed by atoms with E-state index in [0.29, 0.717) is 33.2 Å². The number of aromatic nitrogens is 1. The van der Waals surface area contributed by atoms with Crippen molar-refractivity contribution in [2.24, 2.45) is 44.6 Å². The normalized spacial score (nSPS) is 15.3. The van der Waals surface area contributed by atoms with E-state index in [2.05, 4.69) is 62.8 Å². The number of amides is 11. The van der Waals surface area contributed by atoms with Gasteiger partial charge in [0.2, 0.25) is 65.0 Å². The number of guanidine groups is 2. The van der Waals surface area contributed by atoms with Crippen molar-refractivity contribution in [3.8, 4) is 5.75 Å². The van der Waals surface area contributed by atoms with Gasteiger partial charge in [-0.1, -0.05) is 91.6 Å². The number of hydrogen-bond acceptors (Lipinski definition) is 16. The first kappa shape index (κ1) is 80.6. The Morgan fingerprint density at radius 3 is 1.56 bits per heavy atom. The predicted octanol–water partition coefficient (Wildman–Crippen LogP) is -0.524. The first-order valence-electron chi connectivity index (χ1n) is 33.3. The average molecular weight is 1450 g/mol. The van der Waals surface area contributed by atoms with Gasteiger partial charge in [0, 0.05) is 73.0 Å². The van der Waals surface area contributed by atoms with Gasteiger partial charge in [-0.05, 0) is 129 Å². The number of phenols is 1. The Balaban J connectivity index is 1.17. The minimum atomic E-state index is -1.62. The molecule has 4 aromatic carbocycles. The van der Waals surface area contributed by atoms with Crippen LogP contribution >= 0.6 is 23.2 Å². The predicted molar refractivity (Wildman–Crippen MR) is 383 cm³/mol. The molecule has 31 nitrogen and oxygen atoms in total. The molecule has 550 valence electrons. The van der Waals surface area contributed by atoms with E-state index in [1.807, 2.05) is 24.3 Å². The monoisotopic (exact) mass is 1450 g/mol. The first-order chi connectivity index (χ1) is 48.5. The van der Waals surface area contributed by atoms with E-state index >= 15 is 0 Å². The van der Waals surface area contributed by atoms with Crippen LogP contribution in [0.15, 0.2) is 113 Å². The number of aliphatic hydroxyl groups is 1. The number of aliphatic hydroxyl groups excluding tert-OH is 1. The molecule has 1 aromatic heterocycles. The van der Waals surface area contributed by atoms with Crippen molar-refractivity contribution < 1.29 is 63.0 Å². The van der Waals surface area contributed by atoms with Gasteiger partial charge in [0.15, 0.2) is 11.9 Å². The Hall–Kier alpha value is -10.4. The maximum absolute atomic E-state index is 14.9. The molecule has 0 saturated carbocycles. The van der Waals surface area contributed by atoms with E-state index in [1.165, 1.54) is 43.0 Å². The van der Waals surface area contributed by atoms with Gasteiger partial charge in [0.25, 0.3) is 0 Å². The Morgan fingerprint density at radius 2 is 1.02 bits per heavy atom. The summed E-state index contributed by atoms with van der Waals surface area (Å²) < 4.78 is 0. The third kappa shape index (κ3) is 25.7. The highest BCUT2D eigenvalue weighted by Crippen LogP contribution is 2.23. The van der Waals surface area contributed by atoms with Gasteiger partial charge >= 0.3 is 0 Å². The third-order valence-electron chi connectivity index (χ3n) is 16.6. The number of rotatable bonds is 37. The van der Waals surface area contributed by atoms with E-state index in [-0.39, 0.29) is 107 Å². The summed E-state index contributed by atoms with van der Waals surface area (Å²) >= 11 is 12.2. The van der Waals surface area contributed by atoms with E-state index in [1.54, 1.807) is 68.6 Å². The highest BCUT2D eigenvalue weighted by Gasteiger charge is 2.40. The summed E-state index contributed by atoms with van der Waals surface area (Å²) in [5, 5.41) is 45.5. The van der Waals surface area contributed by atoms with Gasteiger partial charge < -0.3 is 91.3 Å². The van der Waals surface area contributed by atoms with Crippen LogP contribution < -0.4 is 76.5 Å². The van der Waals surface area contributed by atoms with E-state index in [4.69, 9.17) is 51.9 Å². The van der Waals surface area contributed by atoms with Gasteiger partial charge in [-0.25, -0.2) is 0 Å². The van der Waals surface area contributed by atoms with Gasteiger partial charge in [0.05, 0.1) is 12.6 Å². The smallest absolute Gasteiger partial charge is 0.249 e. The third-order valence-corrected chi connectivity index (χ3v) is 17.1. The molecule has 11 amide bonds. The van der Waals surface area contributed by atoms with E-state index in [9.17, 15) is 63.0 Å². The van der Waals surface area contributed by atoms with Crippen molar-refractivity contribution in [1.82, 2.24) is 57.7 Å². The Labute approximate surface area is 599 Å². The van der Waals surface area contributed by atoms with Gasteiger partial charge in [0.1, 0.15) is 60.1 Å². The summed E-state index contributed by atoms with van der Waals surface area (Å²) in [7, 11) is 0. The molecule has 1 fully saturated rings. The van der Waals surface area contributed by atoms with E-state index < -0.39 is 132 Å². The van der Waals surface area contributed by atoms with Gasteiger partial charge in [-0.15, -0.1) is 0 Å². The molecule has 0 spiro atoms. The molecular weight excluding hydrogens is 1360 g/mol. The number of carbonyl (C=O) groups is 11. The minimum absolute atomic E-state index is 0.0122. The number of H-pyrrole nitrogens is 1. The lowest BCUT2D eigenvalue weighted by atomic mass is 10.0. The summed E-state index contributed by atoms with van der Waals surface area (Å²) in [6, 6.07) is 12.3. The summed E-state index contributed by atoms with van der Waals surface area (Å²) in [5.74, 6) is -10.0. The quantitative estimate of drug-likeness (QED) is 0.0135. The lowest BCUT2D eigenvalue weighted by Gasteiger charge is -2.31. The molecule has 5 aromatic rings. The number of nitrogens with two attached hydrogens (primary N) is 5. The number of benzene rings is 4. The van der Waals surface area contributed by atoms with Crippen LogP contribution in [-0.4, -0.2) is 184 Å². The molecule has 10 atom stereocenters. The molecule has 1 saturated heterocycles. The van der Waals surface area contributed by atoms with Crippen molar-refractivity contribution in [1.29, 1.82) is 0 Å². The zero-order valence-electron chi connectivity index (χ0n) is 57.1. The second kappa shape index (κ2) is 39.6. The van der Waals surface area contributed by atoms with Gasteiger partial charge in [-0.2, -0.15) is 0 Å². The molecule has 0 bridgehead atoms. The summed E-state index contributed by atoms with van der Waals surface area (Å²) in [5.41, 5.74) is 31.9. The maximum atomic E-state index is 14.9. The second-order valence-electron chi connectivity index (χ2n) is 25.3. The molecule has 0 radical (unpaired) electrons. The lowest BCUT2D eigenvalue weighted by molar-refractivity contribution is -0.143. The fourth-order valence-corrected chi connectivity index (χ4v) is 11.6. The average Bonchev–Trinajstić information content (AvgIpc) is 1.65. The zero-order chi connectivity index (χ0) is 74.7. The molecule has 10 unspecified atom stereocenters. The Morgan fingerprint density at radius 1 is 0.559 bits per heavy atom. The van der Waals surface area contributed by atoms with Crippen molar-refractivity contribution >= 4 is 111 Å². The summed E-state index contributed by atoms with van der Waals surface area (Å²) in [6.07, 6.45) is 1.78. The van der Waals surface area contributed by atoms with Crippen LogP contribution in [0.25, 0.3) is 10.9 Å². The zero-order valence-corrected chi connectivity index (χ0v) is 58.7. The SMILES string of the molecule is CC(=O)NC(Cc1ccc(Cl)cc1)C(=O)NC(Cc1ccc(Cl)cc1)C(=O)NC(=O)C(C)NC(=O)C1CCCN1C(=O)C(CCCN=C(N)N)NC(=O)C(CC(C)C)NC(=O)C(CCCN=C(N)N)NC(=O)C(Cc1ccc(O)cc1)NC(=O)C(CO)NC(=O)C(N)Cc1c[nH]c2ccccc12. The van der Waals surface area contributed by atoms with Crippen LogP contribution in [0.1, 0.15) is 94.9 Å². The van der Waals surface area contributed by atoms with Crippen LogP contribution in [0.2, 0.25) is 10.0 Å². The number of fused-ring (bicyclic) bond motifs is 1. The number of aromatic hydroxyl groups is 1. The molecule has 2 heterocycles.